The molecule has 4 N–H and O–H groups in total. The monoisotopic (exact) mass is 754 g/mol. The summed E-state index contributed by atoms with van der Waals surface area (Å²) in [6.07, 6.45) is -1.70. The number of H-pyrrole nitrogens is 2. The van der Waals surface area contributed by atoms with Crippen molar-refractivity contribution in [2.45, 2.75) is 33.1 Å². The zero-order valence-corrected chi connectivity index (χ0v) is 29.1. The van der Waals surface area contributed by atoms with E-state index in [0.717, 1.165) is 21.2 Å². The Hall–Kier alpha value is -7.16. The second-order valence-corrected chi connectivity index (χ2v) is 11.9. The molecular weight excluding hydrogens is 725 g/mol. The Balaban J connectivity index is 0.925. The highest BCUT2D eigenvalue weighted by Gasteiger charge is 2.37. The second kappa shape index (κ2) is 15.1. The van der Waals surface area contributed by atoms with Gasteiger partial charge in [-0.25, -0.2) is 9.50 Å². The fourth-order valence-corrected chi connectivity index (χ4v) is 5.39. The number of fused-ring (bicyclic) bond motifs is 1. The predicted molar refractivity (Wildman–Crippen MR) is 187 cm³/mol. The number of pyridine rings is 2. The third-order valence-corrected chi connectivity index (χ3v) is 8.11. The maximum Gasteiger partial charge on any atom is 0.453 e. The first-order chi connectivity index (χ1) is 26.4. The lowest BCUT2D eigenvalue weighted by molar-refractivity contribution is -0.144. The number of carbonyl (C=O) groups excluding carboxylic acids is 2. The number of carbonyl (C=O) groups is 2. The van der Waals surface area contributed by atoms with Gasteiger partial charge in [-0.15, -0.1) is 25.5 Å². The molecule has 0 saturated carbocycles. The first kappa shape index (κ1) is 36.2. The number of rotatable bonds is 12. The van der Waals surface area contributed by atoms with Crippen molar-refractivity contribution in [3.63, 3.8) is 0 Å². The van der Waals surface area contributed by atoms with Gasteiger partial charge >= 0.3 is 6.18 Å². The maximum atomic E-state index is 13.1. The fraction of sp³-hybridized carbons (Fsp3) is 0.206. The summed E-state index contributed by atoms with van der Waals surface area (Å²) in [5, 5.41) is 24.8. The lowest BCUT2D eigenvalue weighted by Crippen LogP contribution is -2.19. The van der Waals surface area contributed by atoms with E-state index in [0.29, 0.717) is 39.9 Å². The molecule has 7 rings (SSSR count). The quantitative estimate of drug-likeness (QED) is 0.138. The molecule has 280 valence electrons. The van der Waals surface area contributed by atoms with Crippen LogP contribution in [0.5, 0.6) is 5.75 Å². The number of hydrogen-bond acceptors (Lipinski definition) is 13. The number of aryl methyl sites for hydroxylation is 2. The van der Waals surface area contributed by atoms with Crippen LogP contribution in [0, 0.1) is 13.8 Å². The summed E-state index contributed by atoms with van der Waals surface area (Å²) < 4.78 is 51.0. The van der Waals surface area contributed by atoms with Crippen LogP contribution in [0.2, 0.25) is 0 Å². The Morgan fingerprint density at radius 2 is 1.47 bits per heavy atom. The number of hydrogen-bond donors (Lipinski definition) is 4. The molecule has 55 heavy (non-hydrogen) atoms. The standard InChI is InChI=1S/C34H29F3N14O4/c1-17-23(18(2)51-33(40-17)45-30(50-51)34(35,36)37)12-26(52)41-31-43-28(46-48-31)24-9-7-20(13-38-24)21-8-10-25(39-14-21)29-44-32(49-47-29)42-27(53)16-55-15-19-5-4-6-22(11-19)54-3/h4-11,13-14H,12,15-16H2,1-3H3,(H2,41,43,46,48,52)(H2,42,44,47,49,53). The lowest BCUT2D eigenvalue weighted by Gasteiger charge is -2.09. The Bertz CT molecular complexity index is 2500. The minimum atomic E-state index is -4.74. The molecule has 1 aromatic carbocycles. The number of amides is 2. The van der Waals surface area contributed by atoms with Crippen LogP contribution >= 0.6 is 0 Å². The van der Waals surface area contributed by atoms with E-state index < -0.39 is 23.8 Å². The zero-order chi connectivity index (χ0) is 38.7. The number of anilines is 2. The third-order valence-electron chi connectivity index (χ3n) is 8.11. The number of aromatic amines is 2. The minimum absolute atomic E-state index is 0.0445. The molecule has 0 spiro atoms. The molecule has 7 aromatic rings. The number of nitrogens with zero attached hydrogens (tertiary/aromatic N) is 10. The number of alkyl halides is 3. The smallest absolute Gasteiger partial charge is 0.453 e. The summed E-state index contributed by atoms with van der Waals surface area (Å²) in [7, 11) is 1.58. The molecule has 6 heterocycles. The molecule has 0 aliphatic rings. The van der Waals surface area contributed by atoms with E-state index in [-0.39, 0.29) is 43.1 Å². The van der Waals surface area contributed by atoms with Crippen molar-refractivity contribution in [3.8, 4) is 39.9 Å². The van der Waals surface area contributed by atoms with E-state index >= 15 is 0 Å². The lowest BCUT2D eigenvalue weighted by atomic mass is 10.1. The van der Waals surface area contributed by atoms with Gasteiger partial charge in [-0.05, 0) is 43.7 Å². The molecule has 0 atom stereocenters. The predicted octanol–water partition coefficient (Wildman–Crippen LogP) is 4.13. The molecule has 18 nitrogen and oxygen atoms in total. The zero-order valence-electron chi connectivity index (χ0n) is 29.1. The van der Waals surface area contributed by atoms with Crippen molar-refractivity contribution >= 4 is 29.5 Å². The Labute approximate surface area is 308 Å². The van der Waals surface area contributed by atoms with Crippen molar-refractivity contribution in [2.75, 3.05) is 24.4 Å². The topological polar surface area (TPSA) is 229 Å². The number of benzene rings is 1. The van der Waals surface area contributed by atoms with Gasteiger partial charge in [-0.1, -0.05) is 24.3 Å². The van der Waals surface area contributed by atoms with E-state index in [4.69, 9.17) is 9.47 Å². The second-order valence-electron chi connectivity index (χ2n) is 11.9. The Morgan fingerprint density at radius 3 is 2.05 bits per heavy atom. The number of nitrogens with one attached hydrogen (secondary N) is 4. The summed E-state index contributed by atoms with van der Waals surface area (Å²) in [5.74, 6) is -0.943. The first-order valence-corrected chi connectivity index (χ1v) is 16.3. The van der Waals surface area contributed by atoms with E-state index in [1.807, 2.05) is 30.3 Å². The molecule has 0 radical (unpaired) electrons. The molecule has 0 saturated heterocycles. The van der Waals surface area contributed by atoms with Gasteiger partial charge in [0.1, 0.15) is 23.7 Å². The number of aromatic nitrogens is 12. The summed E-state index contributed by atoms with van der Waals surface area (Å²) >= 11 is 0. The SMILES string of the molecule is COc1cccc(COCC(=O)Nc2nnc(-c3ccc(-c4ccc(-c5nnc(NC(=O)Cc6c(C)nc7nc(C(F)(F)F)nn7c6C)[nH]5)nc4)cn3)[nH]2)c1. The van der Waals surface area contributed by atoms with Crippen LogP contribution in [0.25, 0.3) is 39.9 Å². The normalized spacial score (nSPS) is 11.5. The Morgan fingerprint density at radius 1 is 0.836 bits per heavy atom. The highest BCUT2D eigenvalue weighted by atomic mass is 19.4. The summed E-state index contributed by atoms with van der Waals surface area (Å²) in [6, 6.07) is 14.4. The molecule has 21 heteroatoms. The van der Waals surface area contributed by atoms with E-state index in [2.05, 4.69) is 66.0 Å². The van der Waals surface area contributed by atoms with Gasteiger partial charge in [0.05, 0.1) is 20.1 Å². The summed E-state index contributed by atoms with van der Waals surface area (Å²) in [6.45, 7) is 3.15. The van der Waals surface area contributed by atoms with Gasteiger partial charge in [0.2, 0.25) is 17.8 Å². The van der Waals surface area contributed by atoms with Crippen LogP contribution in [-0.4, -0.2) is 85.4 Å². The van der Waals surface area contributed by atoms with Gasteiger partial charge in [0.25, 0.3) is 17.5 Å². The average molecular weight is 755 g/mol. The van der Waals surface area contributed by atoms with E-state index in [1.165, 1.54) is 6.92 Å². The number of ether oxygens (including phenoxy) is 2. The van der Waals surface area contributed by atoms with E-state index in [1.54, 1.807) is 44.6 Å². The number of halogens is 3. The maximum absolute atomic E-state index is 13.1. The molecule has 0 aliphatic heterocycles. The molecule has 2 amide bonds. The molecular formula is C34H29F3N14O4. The van der Waals surface area contributed by atoms with Crippen LogP contribution in [-0.2, 0) is 33.5 Å². The highest BCUT2D eigenvalue weighted by molar-refractivity contribution is 5.91. The van der Waals surface area contributed by atoms with Crippen LogP contribution in [0.15, 0.2) is 60.9 Å². The van der Waals surface area contributed by atoms with Gasteiger partial charge in [-0.3, -0.25) is 30.2 Å². The van der Waals surface area contributed by atoms with Gasteiger partial charge in [0.15, 0.2) is 11.6 Å². The highest BCUT2D eigenvalue weighted by Crippen LogP contribution is 2.28. The van der Waals surface area contributed by atoms with Crippen LogP contribution in [0.4, 0.5) is 25.1 Å². The molecule has 0 unspecified atom stereocenters. The van der Waals surface area contributed by atoms with Crippen molar-refractivity contribution in [2.24, 2.45) is 0 Å². The van der Waals surface area contributed by atoms with Crippen LogP contribution in [0.1, 0.15) is 28.3 Å². The number of methoxy groups -OCH3 is 1. The molecule has 6 aromatic heterocycles. The minimum Gasteiger partial charge on any atom is -0.497 e. The third kappa shape index (κ3) is 8.25. The van der Waals surface area contributed by atoms with E-state index in [9.17, 15) is 22.8 Å². The summed E-state index contributed by atoms with van der Waals surface area (Å²) in [5.41, 5.74) is 4.33. The van der Waals surface area contributed by atoms with Gasteiger partial charge in [0, 0.05) is 40.5 Å². The fourth-order valence-electron chi connectivity index (χ4n) is 5.39. The molecule has 0 aliphatic carbocycles. The molecule has 0 fully saturated rings. The Kier molecular flexibility index (Phi) is 9.92. The van der Waals surface area contributed by atoms with Crippen molar-refractivity contribution in [1.82, 2.24) is 59.9 Å². The average Bonchev–Trinajstić information content (AvgIpc) is 3.94. The van der Waals surface area contributed by atoms with Crippen LogP contribution < -0.4 is 15.4 Å². The van der Waals surface area contributed by atoms with Gasteiger partial charge in [-0.2, -0.15) is 18.2 Å². The first-order valence-electron chi connectivity index (χ1n) is 16.3. The van der Waals surface area contributed by atoms with Crippen molar-refractivity contribution in [3.05, 3.63) is 89.3 Å². The van der Waals surface area contributed by atoms with Crippen molar-refractivity contribution < 1.29 is 32.2 Å². The van der Waals surface area contributed by atoms with Gasteiger partial charge < -0.3 is 19.4 Å². The largest absolute Gasteiger partial charge is 0.497 e. The van der Waals surface area contributed by atoms with Crippen LogP contribution in [0.3, 0.4) is 0 Å². The molecule has 0 bridgehead atoms. The summed E-state index contributed by atoms with van der Waals surface area (Å²) in [4.78, 5) is 47.5. The van der Waals surface area contributed by atoms with Crippen molar-refractivity contribution in [1.29, 1.82) is 0 Å².